The molecule has 1 aromatic rings. The van der Waals surface area contributed by atoms with Gasteiger partial charge in [-0.25, -0.2) is 4.39 Å². The molecule has 1 heterocycles. The van der Waals surface area contributed by atoms with E-state index in [-0.39, 0.29) is 5.82 Å². The van der Waals surface area contributed by atoms with E-state index in [0.717, 1.165) is 19.5 Å². The first-order valence-electron chi connectivity index (χ1n) is 6.45. The highest BCUT2D eigenvalue weighted by atomic mass is 19.1. The summed E-state index contributed by atoms with van der Waals surface area (Å²) in [6.45, 7) is 4.42. The lowest BCUT2D eigenvalue weighted by atomic mass is 10.0. The molecule has 0 saturated carbocycles. The quantitative estimate of drug-likeness (QED) is 0.836. The number of hydrogen-bond donors (Lipinski definition) is 2. The van der Waals surface area contributed by atoms with Gasteiger partial charge in [-0.1, -0.05) is 12.1 Å². The van der Waals surface area contributed by atoms with Gasteiger partial charge < -0.3 is 10.6 Å². The van der Waals surface area contributed by atoms with Gasteiger partial charge in [-0.2, -0.15) is 0 Å². The normalized spacial score (nSPS) is 19.2. The molecule has 0 spiro atoms. The van der Waals surface area contributed by atoms with Crippen LogP contribution >= 0.6 is 0 Å². The summed E-state index contributed by atoms with van der Waals surface area (Å²) in [5.41, 5.74) is 1.19. The summed E-state index contributed by atoms with van der Waals surface area (Å²) in [5.74, 6) is -0.160. The molecule has 0 bridgehead atoms. The van der Waals surface area contributed by atoms with Crippen LogP contribution in [0.2, 0.25) is 0 Å². The molecule has 1 aromatic carbocycles. The van der Waals surface area contributed by atoms with Crippen molar-refractivity contribution in [3.8, 4) is 0 Å². The number of hydrogen-bond acceptors (Lipinski definition) is 2. The Morgan fingerprint density at radius 2 is 1.94 bits per heavy atom. The minimum Gasteiger partial charge on any atom is -0.317 e. The maximum absolute atomic E-state index is 12.8. The van der Waals surface area contributed by atoms with Crippen molar-refractivity contribution in [2.24, 2.45) is 0 Å². The van der Waals surface area contributed by atoms with Gasteiger partial charge in [-0.05, 0) is 57.0 Å². The average Bonchev–Trinajstić information content (AvgIpc) is 2.33. The molecule has 0 radical (unpaired) electrons. The number of benzene rings is 1. The largest absolute Gasteiger partial charge is 0.317 e. The van der Waals surface area contributed by atoms with Gasteiger partial charge in [0.25, 0.3) is 0 Å². The van der Waals surface area contributed by atoms with Gasteiger partial charge in [0, 0.05) is 12.1 Å². The van der Waals surface area contributed by atoms with Gasteiger partial charge in [-0.3, -0.25) is 0 Å². The van der Waals surface area contributed by atoms with Gasteiger partial charge in [0.2, 0.25) is 0 Å². The highest BCUT2D eigenvalue weighted by molar-refractivity contribution is 5.17. The lowest BCUT2D eigenvalue weighted by Crippen LogP contribution is -2.44. The summed E-state index contributed by atoms with van der Waals surface area (Å²) < 4.78 is 12.8. The summed E-state index contributed by atoms with van der Waals surface area (Å²) in [4.78, 5) is 0. The SMILES string of the molecule is CC(Cc1ccc(F)cc1)NC1CCNCC1. The van der Waals surface area contributed by atoms with Crippen molar-refractivity contribution in [2.75, 3.05) is 13.1 Å². The van der Waals surface area contributed by atoms with Gasteiger partial charge in [0.1, 0.15) is 5.82 Å². The fraction of sp³-hybridized carbons (Fsp3) is 0.571. The van der Waals surface area contributed by atoms with E-state index in [1.807, 2.05) is 12.1 Å². The van der Waals surface area contributed by atoms with Crippen LogP contribution in [-0.4, -0.2) is 25.2 Å². The first kappa shape index (κ1) is 12.5. The molecule has 1 aliphatic heterocycles. The number of rotatable bonds is 4. The van der Waals surface area contributed by atoms with Crippen LogP contribution in [0, 0.1) is 5.82 Å². The van der Waals surface area contributed by atoms with E-state index in [1.54, 1.807) is 0 Å². The molecule has 3 heteroatoms. The Bertz CT molecular complexity index is 331. The Kier molecular flexibility index (Phi) is 4.51. The Labute approximate surface area is 103 Å². The topological polar surface area (TPSA) is 24.1 Å². The van der Waals surface area contributed by atoms with Crippen molar-refractivity contribution < 1.29 is 4.39 Å². The molecule has 1 aliphatic rings. The predicted molar refractivity (Wildman–Crippen MR) is 68.6 cm³/mol. The van der Waals surface area contributed by atoms with Crippen LogP contribution in [0.3, 0.4) is 0 Å². The molecule has 1 unspecified atom stereocenters. The third kappa shape index (κ3) is 4.10. The van der Waals surface area contributed by atoms with Crippen LogP contribution in [0.1, 0.15) is 25.3 Å². The Balaban J connectivity index is 1.79. The van der Waals surface area contributed by atoms with Crippen LogP contribution < -0.4 is 10.6 Å². The van der Waals surface area contributed by atoms with E-state index >= 15 is 0 Å². The van der Waals surface area contributed by atoms with Gasteiger partial charge in [-0.15, -0.1) is 0 Å². The second kappa shape index (κ2) is 6.12. The third-order valence-electron chi connectivity index (χ3n) is 3.31. The van der Waals surface area contributed by atoms with E-state index < -0.39 is 0 Å². The monoisotopic (exact) mass is 236 g/mol. The number of nitrogens with one attached hydrogen (secondary N) is 2. The summed E-state index contributed by atoms with van der Waals surface area (Å²) >= 11 is 0. The zero-order chi connectivity index (χ0) is 12.1. The molecule has 17 heavy (non-hydrogen) atoms. The lowest BCUT2D eigenvalue weighted by Gasteiger charge is -2.27. The maximum Gasteiger partial charge on any atom is 0.123 e. The molecule has 1 fully saturated rings. The second-order valence-electron chi connectivity index (χ2n) is 4.92. The molecule has 1 saturated heterocycles. The highest BCUT2D eigenvalue weighted by Crippen LogP contribution is 2.08. The fourth-order valence-corrected chi connectivity index (χ4v) is 2.42. The molecule has 0 aromatic heterocycles. The Morgan fingerprint density at radius 1 is 1.29 bits per heavy atom. The molecule has 2 nitrogen and oxygen atoms in total. The summed E-state index contributed by atoms with van der Waals surface area (Å²) in [7, 11) is 0. The minimum absolute atomic E-state index is 0.160. The predicted octanol–water partition coefficient (Wildman–Crippen LogP) is 2.10. The van der Waals surface area contributed by atoms with Crippen LogP contribution in [0.5, 0.6) is 0 Å². The molecular weight excluding hydrogens is 215 g/mol. The second-order valence-corrected chi connectivity index (χ2v) is 4.92. The zero-order valence-corrected chi connectivity index (χ0v) is 10.4. The molecular formula is C14H21FN2. The van der Waals surface area contributed by atoms with Crippen molar-refractivity contribution >= 4 is 0 Å². The zero-order valence-electron chi connectivity index (χ0n) is 10.4. The Hall–Kier alpha value is -0.930. The van der Waals surface area contributed by atoms with Gasteiger partial charge in [0.15, 0.2) is 0 Å². The van der Waals surface area contributed by atoms with E-state index in [2.05, 4.69) is 17.6 Å². The van der Waals surface area contributed by atoms with E-state index in [4.69, 9.17) is 0 Å². The van der Waals surface area contributed by atoms with Crippen LogP contribution in [0.15, 0.2) is 24.3 Å². The first-order valence-corrected chi connectivity index (χ1v) is 6.45. The molecule has 0 amide bonds. The smallest absolute Gasteiger partial charge is 0.123 e. The van der Waals surface area contributed by atoms with Crippen molar-refractivity contribution in [3.05, 3.63) is 35.6 Å². The van der Waals surface area contributed by atoms with Crippen LogP contribution in [0.4, 0.5) is 4.39 Å². The average molecular weight is 236 g/mol. The first-order chi connectivity index (χ1) is 8.24. The highest BCUT2D eigenvalue weighted by Gasteiger charge is 2.15. The lowest BCUT2D eigenvalue weighted by molar-refractivity contribution is 0.355. The minimum atomic E-state index is -0.160. The Morgan fingerprint density at radius 3 is 2.59 bits per heavy atom. The van der Waals surface area contributed by atoms with Crippen molar-refractivity contribution in [3.63, 3.8) is 0 Å². The maximum atomic E-state index is 12.8. The molecule has 94 valence electrons. The fourth-order valence-electron chi connectivity index (χ4n) is 2.42. The third-order valence-corrected chi connectivity index (χ3v) is 3.31. The number of piperidine rings is 1. The summed E-state index contributed by atoms with van der Waals surface area (Å²) in [5, 5.41) is 7.01. The van der Waals surface area contributed by atoms with Crippen LogP contribution in [-0.2, 0) is 6.42 Å². The molecule has 1 atom stereocenters. The molecule has 2 N–H and O–H groups in total. The standard InChI is InChI=1S/C14H21FN2/c1-11(17-14-6-8-16-9-7-14)10-12-2-4-13(15)5-3-12/h2-5,11,14,16-17H,6-10H2,1H3. The van der Waals surface area contributed by atoms with Crippen molar-refractivity contribution in [1.82, 2.24) is 10.6 Å². The summed E-state index contributed by atoms with van der Waals surface area (Å²) in [6.07, 6.45) is 3.37. The van der Waals surface area contributed by atoms with E-state index in [9.17, 15) is 4.39 Å². The van der Waals surface area contributed by atoms with Gasteiger partial charge >= 0.3 is 0 Å². The van der Waals surface area contributed by atoms with Crippen molar-refractivity contribution in [2.45, 2.75) is 38.3 Å². The van der Waals surface area contributed by atoms with Crippen molar-refractivity contribution in [1.29, 1.82) is 0 Å². The molecule has 2 rings (SSSR count). The summed E-state index contributed by atoms with van der Waals surface area (Å²) in [6, 6.07) is 7.89. The van der Waals surface area contributed by atoms with E-state index in [0.29, 0.717) is 12.1 Å². The molecule has 0 aliphatic carbocycles. The van der Waals surface area contributed by atoms with Gasteiger partial charge in [0.05, 0.1) is 0 Å². The van der Waals surface area contributed by atoms with E-state index in [1.165, 1.54) is 30.5 Å². The number of halogens is 1. The van der Waals surface area contributed by atoms with Crippen LogP contribution in [0.25, 0.3) is 0 Å².